The summed E-state index contributed by atoms with van der Waals surface area (Å²) < 4.78 is 31.5. The van der Waals surface area contributed by atoms with E-state index >= 15 is 0 Å². The molecule has 0 radical (unpaired) electrons. The summed E-state index contributed by atoms with van der Waals surface area (Å²) in [5.41, 5.74) is 2.47. The highest BCUT2D eigenvalue weighted by Crippen LogP contribution is 2.34. The smallest absolute Gasteiger partial charge is 0.251 e. The van der Waals surface area contributed by atoms with Gasteiger partial charge < -0.3 is 4.74 Å². The van der Waals surface area contributed by atoms with Gasteiger partial charge in [0.05, 0.1) is 12.7 Å². The number of alkyl halides is 2. The Bertz CT molecular complexity index is 318. The summed E-state index contributed by atoms with van der Waals surface area (Å²) in [5.74, 6) is -2.48. The van der Waals surface area contributed by atoms with E-state index in [1.54, 1.807) is 6.08 Å². The molecule has 0 amide bonds. The van der Waals surface area contributed by atoms with Gasteiger partial charge in [-0.2, -0.15) is 0 Å². The van der Waals surface area contributed by atoms with Crippen LogP contribution in [0.5, 0.6) is 0 Å². The van der Waals surface area contributed by atoms with Crippen LogP contribution in [0.15, 0.2) is 23.3 Å². The number of hydrogen-bond donors (Lipinski definition) is 0. The number of halogens is 2. The molecule has 0 aromatic heterocycles. The second-order valence-electron chi connectivity index (χ2n) is 4.80. The van der Waals surface area contributed by atoms with Crippen LogP contribution in [0.2, 0.25) is 0 Å². The van der Waals surface area contributed by atoms with E-state index in [9.17, 15) is 8.78 Å². The fourth-order valence-corrected chi connectivity index (χ4v) is 2.22. The standard InChI is InChI=1S/C13H18F2O/c1-10-4-7-16-12(8-10)9-11-2-5-13(14,15)6-3-11/h2,8,12H,3-7,9H2,1H3. The summed E-state index contributed by atoms with van der Waals surface area (Å²) >= 11 is 0. The lowest BCUT2D eigenvalue weighted by Gasteiger charge is -2.25. The average molecular weight is 228 g/mol. The van der Waals surface area contributed by atoms with E-state index in [2.05, 4.69) is 13.0 Å². The summed E-state index contributed by atoms with van der Waals surface area (Å²) in [6.07, 6.45) is 6.11. The van der Waals surface area contributed by atoms with Gasteiger partial charge in [-0.1, -0.05) is 23.3 Å². The topological polar surface area (TPSA) is 9.23 Å². The van der Waals surface area contributed by atoms with Gasteiger partial charge >= 0.3 is 0 Å². The lowest BCUT2D eigenvalue weighted by Crippen LogP contribution is -2.22. The highest BCUT2D eigenvalue weighted by molar-refractivity contribution is 5.14. The third-order valence-corrected chi connectivity index (χ3v) is 3.26. The number of rotatable bonds is 2. The molecule has 16 heavy (non-hydrogen) atoms. The van der Waals surface area contributed by atoms with E-state index < -0.39 is 5.92 Å². The second-order valence-corrected chi connectivity index (χ2v) is 4.80. The van der Waals surface area contributed by atoms with Crippen LogP contribution < -0.4 is 0 Å². The van der Waals surface area contributed by atoms with Crippen molar-refractivity contribution < 1.29 is 13.5 Å². The van der Waals surface area contributed by atoms with Crippen LogP contribution in [0, 0.1) is 0 Å². The van der Waals surface area contributed by atoms with Crippen molar-refractivity contribution in [1.82, 2.24) is 0 Å². The van der Waals surface area contributed by atoms with E-state index in [0.717, 1.165) is 25.0 Å². The van der Waals surface area contributed by atoms with Crippen LogP contribution in [0.1, 0.15) is 39.0 Å². The number of hydrogen-bond acceptors (Lipinski definition) is 1. The van der Waals surface area contributed by atoms with Gasteiger partial charge in [-0.3, -0.25) is 0 Å². The highest BCUT2D eigenvalue weighted by Gasteiger charge is 2.31. The molecule has 1 nitrogen and oxygen atoms in total. The molecule has 0 bridgehead atoms. The molecular weight excluding hydrogens is 210 g/mol. The number of allylic oxidation sites excluding steroid dienone is 1. The zero-order chi connectivity index (χ0) is 11.6. The Balaban J connectivity index is 1.91. The first-order valence-corrected chi connectivity index (χ1v) is 5.90. The molecule has 1 aliphatic carbocycles. The van der Waals surface area contributed by atoms with E-state index in [4.69, 9.17) is 4.74 Å². The molecule has 1 unspecified atom stereocenters. The molecule has 0 saturated carbocycles. The molecule has 0 spiro atoms. The first-order chi connectivity index (χ1) is 7.55. The summed E-state index contributed by atoms with van der Waals surface area (Å²) in [5, 5.41) is 0. The highest BCUT2D eigenvalue weighted by atomic mass is 19.3. The molecule has 3 heteroatoms. The predicted octanol–water partition coefficient (Wildman–Crippen LogP) is 3.86. The summed E-state index contributed by atoms with van der Waals surface area (Å²) in [4.78, 5) is 0. The molecule has 0 N–H and O–H groups in total. The summed E-state index contributed by atoms with van der Waals surface area (Å²) in [6, 6.07) is 0. The van der Waals surface area contributed by atoms with E-state index in [1.807, 2.05) is 0 Å². The van der Waals surface area contributed by atoms with Gasteiger partial charge in [0.1, 0.15) is 0 Å². The van der Waals surface area contributed by atoms with Crippen LogP contribution in [0.3, 0.4) is 0 Å². The summed E-state index contributed by atoms with van der Waals surface area (Å²) in [7, 11) is 0. The van der Waals surface area contributed by atoms with Crippen LogP contribution in [0.25, 0.3) is 0 Å². The largest absolute Gasteiger partial charge is 0.373 e. The quantitative estimate of drug-likeness (QED) is 0.652. The maximum absolute atomic E-state index is 12.9. The molecule has 0 saturated heterocycles. The van der Waals surface area contributed by atoms with Crippen LogP contribution >= 0.6 is 0 Å². The molecule has 2 aliphatic rings. The molecular formula is C13H18F2O. The van der Waals surface area contributed by atoms with Gasteiger partial charge in [0, 0.05) is 12.8 Å². The zero-order valence-electron chi connectivity index (χ0n) is 9.64. The van der Waals surface area contributed by atoms with E-state index in [0.29, 0.717) is 6.42 Å². The Morgan fingerprint density at radius 2 is 2.25 bits per heavy atom. The Labute approximate surface area is 95.2 Å². The molecule has 1 aliphatic heterocycles. The van der Waals surface area contributed by atoms with Crippen molar-refractivity contribution in [3.63, 3.8) is 0 Å². The van der Waals surface area contributed by atoms with Crippen molar-refractivity contribution in [2.24, 2.45) is 0 Å². The zero-order valence-corrected chi connectivity index (χ0v) is 9.64. The SMILES string of the molecule is CC1=CC(CC2=CCC(F)(F)CC2)OCC1. The molecule has 1 atom stereocenters. The minimum absolute atomic E-state index is 0.00570. The Morgan fingerprint density at radius 3 is 2.88 bits per heavy atom. The third kappa shape index (κ3) is 3.14. The first kappa shape index (κ1) is 11.8. The second kappa shape index (κ2) is 4.66. The van der Waals surface area contributed by atoms with Crippen molar-refractivity contribution in [2.45, 2.75) is 51.1 Å². The van der Waals surface area contributed by atoms with Crippen LogP contribution in [-0.4, -0.2) is 18.6 Å². The lowest BCUT2D eigenvalue weighted by molar-refractivity contribution is -0.0101. The molecule has 1 heterocycles. The maximum atomic E-state index is 12.9. The van der Waals surface area contributed by atoms with Crippen molar-refractivity contribution in [1.29, 1.82) is 0 Å². The molecule has 90 valence electrons. The number of ether oxygens (including phenoxy) is 1. The fourth-order valence-electron chi connectivity index (χ4n) is 2.22. The van der Waals surface area contributed by atoms with Crippen molar-refractivity contribution in [3.8, 4) is 0 Å². The van der Waals surface area contributed by atoms with Gasteiger partial charge in [0.25, 0.3) is 5.92 Å². The maximum Gasteiger partial charge on any atom is 0.251 e. The first-order valence-electron chi connectivity index (χ1n) is 5.90. The molecule has 0 aromatic rings. The lowest BCUT2D eigenvalue weighted by atomic mass is 9.92. The van der Waals surface area contributed by atoms with Gasteiger partial charge in [0.15, 0.2) is 0 Å². The van der Waals surface area contributed by atoms with Crippen LogP contribution in [-0.2, 0) is 4.74 Å². The van der Waals surface area contributed by atoms with Gasteiger partial charge in [-0.25, -0.2) is 8.78 Å². The monoisotopic (exact) mass is 228 g/mol. The Hall–Kier alpha value is -0.700. The predicted molar refractivity (Wildman–Crippen MR) is 59.6 cm³/mol. The van der Waals surface area contributed by atoms with Crippen molar-refractivity contribution in [3.05, 3.63) is 23.3 Å². The van der Waals surface area contributed by atoms with Gasteiger partial charge in [0.2, 0.25) is 0 Å². The van der Waals surface area contributed by atoms with E-state index in [-0.39, 0.29) is 18.9 Å². The third-order valence-electron chi connectivity index (χ3n) is 3.26. The molecule has 0 aromatic carbocycles. The molecule has 2 rings (SSSR count). The van der Waals surface area contributed by atoms with Crippen molar-refractivity contribution in [2.75, 3.05) is 6.61 Å². The minimum Gasteiger partial charge on any atom is -0.373 e. The van der Waals surface area contributed by atoms with Crippen LogP contribution in [0.4, 0.5) is 8.78 Å². The van der Waals surface area contributed by atoms with E-state index in [1.165, 1.54) is 5.57 Å². The fraction of sp³-hybridized carbons (Fsp3) is 0.692. The Kier molecular flexibility index (Phi) is 3.43. The summed E-state index contributed by atoms with van der Waals surface area (Å²) in [6.45, 7) is 2.86. The minimum atomic E-state index is -2.48. The van der Waals surface area contributed by atoms with Crippen molar-refractivity contribution >= 4 is 0 Å². The Morgan fingerprint density at radius 1 is 1.44 bits per heavy atom. The normalized spacial score (nSPS) is 29.6. The van der Waals surface area contributed by atoms with Gasteiger partial charge in [-0.05, 0) is 26.2 Å². The molecule has 0 fully saturated rings. The average Bonchev–Trinajstić information content (AvgIpc) is 2.21. The van der Waals surface area contributed by atoms with Gasteiger partial charge in [-0.15, -0.1) is 0 Å².